The predicted octanol–water partition coefficient (Wildman–Crippen LogP) is 0.596. The van der Waals surface area contributed by atoms with Crippen LogP contribution in [0.4, 0.5) is 0 Å². The number of ether oxygens (including phenoxy) is 2. The highest BCUT2D eigenvalue weighted by Gasteiger charge is 2.38. The van der Waals surface area contributed by atoms with Crippen molar-refractivity contribution >= 4 is 5.97 Å². The summed E-state index contributed by atoms with van der Waals surface area (Å²) in [6.07, 6.45) is 4.74. The molecule has 0 unspecified atom stereocenters. The quantitative estimate of drug-likeness (QED) is 0.758. The maximum Gasteiger partial charge on any atom is 0.323 e. The average Bonchev–Trinajstić information content (AvgIpc) is 2.96. The number of aryl methyl sites for hydroxylation is 1. The summed E-state index contributed by atoms with van der Waals surface area (Å²) in [6.45, 7) is 6.90. The van der Waals surface area contributed by atoms with Crippen LogP contribution >= 0.6 is 0 Å². The number of rotatable bonds is 3. The molecule has 0 N–H and O–H groups in total. The van der Waals surface area contributed by atoms with E-state index in [1.807, 2.05) is 30.9 Å². The van der Waals surface area contributed by atoms with Gasteiger partial charge in [-0.1, -0.05) is 0 Å². The van der Waals surface area contributed by atoms with E-state index in [1.54, 1.807) is 0 Å². The molecule has 0 aliphatic carbocycles. The summed E-state index contributed by atoms with van der Waals surface area (Å²) >= 11 is 0. The minimum Gasteiger partial charge on any atom is -0.461 e. The first kappa shape index (κ1) is 13.6. The van der Waals surface area contributed by atoms with Crippen molar-refractivity contribution in [3.63, 3.8) is 0 Å². The predicted molar refractivity (Wildman–Crippen MR) is 72.2 cm³/mol. The smallest absolute Gasteiger partial charge is 0.323 e. The highest BCUT2D eigenvalue weighted by molar-refractivity contribution is 5.78. The molecular formula is C14H21N3O3. The second-order valence-corrected chi connectivity index (χ2v) is 5.73. The molecule has 2 saturated heterocycles. The van der Waals surface area contributed by atoms with Gasteiger partial charge in [0.05, 0.1) is 25.5 Å². The molecule has 0 spiro atoms. The Bertz CT molecular complexity index is 488. The van der Waals surface area contributed by atoms with Crippen LogP contribution in [-0.4, -0.2) is 58.6 Å². The second kappa shape index (κ2) is 5.54. The average molecular weight is 279 g/mol. The molecule has 1 aromatic heterocycles. The molecule has 2 aliphatic rings. The summed E-state index contributed by atoms with van der Waals surface area (Å²) in [6, 6.07) is -0.101. The number of morpholine rings is 1. The maximum absolute atomic E-state index is 11.8. The Hall–Kier alpha value is -1.40. The Labute approximate surface area is 118 Å². The molecule has 20 heavy (non-hydrogen) atoms. The van der Waals surface area contributed by atoms with Gasteiger partial charge in [-0.25, -0.2) is 0 Å². The van der Waals surface area contributed by atoms with Crippen LogP contribution in [0.15, 0.2) is 12.4 Å². The van der Waals surface area contributed by atoms with Gasteiger partial charge in [-0.05, 0) is 19.4 Å². The minimum absolute atomic E-state index is 0.0301. The summed E-state index contributed by atoms with van der Waals surface area (Å²) in [5, 5.41) is 4.29. The molecule has 0 amide bonds. The molecule has 0 bridgehead atoms. The summed E-state index contributed by atoms with van der Waals surface area (Å²) in [5.41, 5.74) is 1.14. The van der Waals surface area contributed by atoms with E-state index in [0.29, 0.717) is 6.61 Å². The Morgan fingerprint density at radius 1 is 1.50 bits per heavy atom. The molecule has 1 aromatic rings. The van der Waals surface area contributed by atoms with Gasteiger partial charge in [-0.3, -0.25) is 14.4 Å². The topological polar surface area (TPSA) is 56.6 Å². The molecule has 2 fully saturated rings. The van der Waals surface area contributed by atoms with Crippen LogP contribution in [0.25, 0.3) is 0 Å². The van der Waals surface area contributed by atoms with Crippen molar-refractivity contribution in [3.8, 4) is 0 Å². The normalized spacial score (nSPS) is 31.5. The van der Waals surface area contributed by atoms with Gasteiger partial charge < -0.3 is 9.47 Å². The van der Waals surface area contributed by atoms with Crippen LogP contribution in [0.2, 0.25) is 0 Å². The van der Waals surface area contributed by atoms with Crippen LogP contribution in [-0.2, 0) is 20.8 Å². The SMILES string of the molecule is Cc1cnn(C[C@@H]2CN([C@H]3C[C@@H](C)OC3=O)CCO2)c1. The Balaban J connectivity index is 1.60. The molecule has 3 heterocycles. The van der Waals surface area contributed by atoms with E-state index in [9.17, 15) is 4.79 Å². The summed E-state index contributed by atoms with van der Waals surface area (Å²) < 4.78 is 12.9. The van der Waals surface area contributed by atoms with E-state index in [2.05, 4.69) is 10.00 Å². The number of hydrogen-bond acceptors (Lipinski definition) is 5. The molecule has 0 saturated carbocycles. The molecule has 2 aliphatic heterocycles. The maximum atomic E-state index is 11.8. The number of hydrogen-bond donors (Lipinski definition) is 0. The first-order chi connectivity index (χ1) is 9.61. The molecule has 0 aromatic carbocycles. The lowest BCUT2D eigenvalue weighted by Gasteiger charge is -2.35. The van der Waals surface area contributed by atoms with Crippen molar-refractivity contribution in [2.75, 3.05) is 19.7 Å². The lowest BCUT2D eigenvalue weighted by molar-refractivity contribution is -0.147. The van der Waals surface area contributed by atoms with Crippen LogP contribution in [0.5, 0.6) is 0 Å². The van der Waals surface area contributed by atoms with Gasteiger partial charge in [0.25, 0.3) is 0 Å². The standard InChI is InChI=1S/C14H21N3O3/c1-10-6-15-17(7-10)9-12-8-16(3-4-19-12)13-5-11(2)20-14(13)18/h6-7,11-13H,3-5,8-9H2,1-2H3/t11-,12+,13+/m1/s1. The van der Waals surface area contributed by atoms with Crippen molar-refractivity contribution in [1.29, 1.82) is 0 Å². The lowest BCUT2D eigenvalue weighted by Crippen LogP contribution is -2.50. The number of carbonyl (C=O) groups excluding carboxylic acids is 1. The summed E-state index contributed by atoms with van der Waals surface area (Å²) in [5.74, 6) is -0.0897. The number of esters is 1. The highest BCUT2D eigenvalue weighted by atomic mass is 16.6. The van der Waals surface area contributed by atoms with E-state index < -0.39 is 0 Å². The third-order valence-electron chi connectivity index (χ3n) is 3.91. The van der Waals surface area contributed by atoms with Gasteiger partial charge in [-0.2, -0.15) is 5.10 Å². The Morgan fingerprint density at radius 2 is 2.35 bits per heavy atom. The zero-order valence-corrected chi connectivity index (χ0v) is 12.0. The largest absolute Gasteiger partial charge is 0.461 e. The van der Waals surface area contributed by atoms with E-state index in [0.717, 1.165) is 31.6 Å². The molecule has 6 nitrogen and oxygen atoms in total. The van der Waals surface area contributed by atoms with E-state index >= 15 is 0 Å². The van der Waals surface area contributed by atoms with Gasteiger partial charge in [-0.15, -0.1) is 0 Å². The van der Waals surface area contributed by atoms with Crippen molar-refractivity contribution < 1.29 is 14.3 Å². The van der Waals surface area contributed by atoms with E-state index in [4.69, 9.17) is 9.47 Å². The number of nitrogens with zero attached hydrogens (tertiary/aromatic N) is 3. The van der Waals surface area contributed by atoms with Crippen molar-refractivity contribution in [1.82, 2.24) is 14.7 Å². The molecule has 6 heteroatoms. The molecule has 3 rings (SSSR count). The van der Waals surface area contributed by atoms with Crippen molar-refractivity contribution in [3.05, 3.63) is 18.0 Å². The van der Waals surface area contributed by atoms with Crippen LogP contribution < -0.4 is 0 Å². The van der Waals surface area contributed by atoms with Gasteiger partial charge in [0, 0.05) is 25.7 Å². The number of cyclic esters (lactones) is 1. The van der Waals surface area contributed by atoms with Crippen LogP contribution in [0.1, 0.15) is 18.9 Å². The fourth-order valence-corrected chi connectivity index (χ4v) is 2.94. The van der Waals surface area contributed by atoms with Gasteiger partial charge >= 0.3 is 5.97 Å². The second-order valence-electron chi connectivity index (χ2n) is 5.73. The monoisotopic (exact) mass is 279 g/mol. The molecule has 3 atom stereocenters. The number of aromatic nitrogens is 2. The van der Waals surface area contributed by atoms with E-state index in [1.165, 1.54) is 0 Å². The first-order valence-electron chi connectivity index (χ1n) is 7.17. The lowest BCUT2D eigenvalue weighted by atomic mass is 10.1. The van der Waals surface area contributed by atoms with Crippen LogP contribution in [0, 0.1) is 6.92 Å². The van der Waals surface area contributed by atoms with Crippen molar-refractivity contribution in [2.24, 2.45) is 0 Å². The molecular weight excluding hydrogens is 258 g/mol. The summed E-state index contributed by atoms with van der Waals surface area (Å²) in [7, 11) is 0. The highest BCUT2D eigenvalue weighted by Crippen LogP contribution is 2.22. The molecule has 110 valence electrons. The van der Waals surface area contributed by atoms with Crippen molar-refractivity contribution in [2.45, 2.75) is 45.1 Å². The van der Waals surface area contributed by atoms with Crippen LogP contribution in [0.3, 0.4) is 0 Å². The third kappa shape index (κ3) is 2.86. The van der Waals surface area contributed by atoms with E-state index in [-0.39, 0.29) is 24.2 Å². The summed E-state index contributed by atoms with van der Waals surface area (Å²) in [4.78, 5) is 14.0. The Morgan fingerprint density at radius 3 is 3.00 bits per heavy atom. The first-order valence-corrected chi connectivity index (χ1v) is 7.17. The van der Waals surface area contributed by atoms with Gasteiger partial charge in [0.15, 0.2) is 0 Å². The fourth-order valence-electron chi connectivity index (χ4n) is 2.94. The van der Waals surface area contributed by atoms with Gasteiger partial charge in [0.1, 0.15) is 12.1 Å². The Kier molecular flexibility index (Phi) is 3.76. The molecule has 0 radical (unpaired) electrons. The zero-order valence-electron chi connectivity index (χ0n) is 12.0. The minimum atomic E-state index is -0.101. The van der Waals surface area contributed by atoms with Gasteiger partial charge in [0.2, 0.25) is 0 Å². The fraction of sp³-hybridized carbons (Fsp3) is 0.714. The zero-order chi connectivity index (χ0) is 14.1. The third-order valence-corrected chi connectivity index (χ3v) is 3.91. The number of carbonyl (C=O) groups is 1.